The molecule has 2 atom stereocenters. The molecular formula is C14H26O3. The van der Waals surface area contributed by atoms with Crippen molar-refractivity contribution in [1.82, 2.24) is 0 Å². The number of unbranched alkanes of at least 4 members (excludes halogenated alkanes) is 3. The lowest BCUT2D eigenvalue weighted by atomic mass is 10.0. The molecule has 0 spiro atoms. The van der Waals surface area contributed by atoms with Crippen LogP contribution in [0.5, 0.6) is 0 Å². The second kappa shape index (κ2) is 10.3. The van der Waals surface area contributed by atoms with Crippen LogP contribution in [0.25, 0.3) is 0 Å². The minimum absolute atomic E-state index is 0.0216. The van der Waals surface area contributed by atoms with Gasteiger partial charge in [-0.3, -0.25) is 4.79 Å². The first-order valence-electron chi connectivity index (χ1n) is 6.53. The normalized spacial score (nSPS) is 14.1. The van der Waals surface area contributed by atoms with E-state index in [1.165, 1.54) is 0 Å². The fraction of sp³-hybridized carbons (Fsp3) is 0.786. The van der Waals surface area contributed by atoms with Crippen LogP contribution in [0, 0.1) is 5.92 Å². The lowest BCUT2D eigenvalue weighted by molar-refractivity contribution is -0.146. The van der Waals surface area contributed by atoms with Gasteiger partial charge in [-0.15, -0.1) is 0 Å². The number of rotatable bonds is 10. The van der Waals surface area contributed by atoms with E-state index in [4.69, 9.17) is 9.84 Å². The highest BCUT2D eigenvalue weighted by atomic mass is 16.5. The number of hydrogen-bond donors (Lipinski definition) is 1. The first-order valence-corrected chi connectivity index (χ1v) is 6.53. The monoisotopic (exact) mass is 242 g/mol. The molecule has 0 rings (SSSR count). The highest BCUT2D eigenvalue weighted by Crippen LogP contribution is 2.13. The molecule has 0 radical (unpaired) electrons. The molecule has 0 aliphatic carbocycles. The predicted octanol–water partition coefficient (Wildman–Crippen LogP) is 3.07. The molecule has 3 nitrogen and oxygen atoms in total. The molecule has 1 N–H and O–H groups in total. The van der Waals surface area contributed by atoms with E-state index in [-0.39, 0.29) is 18.0 Å². The van der Waals surface area contributed by atoms with Gasteiger partial charge in [-0.1, -0.05) is 45.3 Å². The maximum absolute atomic E-state index is 11.4. The number of aliphatic hydroxyl groups excluding tert-OH is 1. The van der Waals surface area contributed by atoms with Crippen molar-refractivity contribution in [2.45, 2.75) is 58.5 Å². The molecule has 0 aliphatic rings. The van der Waals surface area contributed by atoms with Crippen LogP contribution in [-0.4, -0.2) is 23.8 Å². The van der Waals surface area contributed by atoms with Crippen molar-refractivity contribution in [3.05, 3.63) is 12.7 Å². The van der Waals surface area contributed by atoms with Crippen LogP contribution in [0.3, 0.4) is 0 Å². The predicted molar refractivity (Wildman–Crippen MR) is 69.7 cm³/mol. The largest absolute Gasteiger partial charge is 0.461 e. The van der Waals surface area contributed by atoms with Crippen molar-refractivity contribution in [1.29, 1.82) is 0 Å². The van der Waals surface area contributed by atoms with Gasteiger partial charge in [0.15, 0.2) is 0 Å². The van der Waals surface area contributed by atoms with Gasteiger partial charge in [0.05, 0.1) is 12.0 Å². The lowest BCUT2D eigenvalue weighted by Gasteiger charge is -2.10. The molecular weight excluding hydrogens is 216 g/mol. The Labute approximate surface area is 105 Å². The summed E-state index contributed by atoms with van der Waals surface area (Å²) in [5.74, 6) is -0.152. The third kappa shape index (κ3) is 10.1. The van der Waals surface area contributed by atoms with Crippen LogP contribution in [0.2, 0.25) is 0 Å². The van der Waals surface area contributed by atoms with Crippen molar-refractivity contribution in [2.75, 3.05) is 6.61 Å². The van der Waals surface area contributed by atoms with Gasteiger partial charge in [0.25, 0.3) is 0 Å². The maximum Gasteiger partial charge on any atom is 0.308 e. The Bertz CT molecular complexity index is 212. The highest BCUT2D eigenvalue weighted by Gasteiger charge is 2.12. The zero-order valence-electron chi connectivity index (χ0n) is 11.2. The van der Waals surface area contributed by atoms with E-state index in [0.29, 0.717) is 6.61 Å². The third-order valence-corrected chi connectivity index (χ3v) is 2.75. The molecule has 0 bridgehead atoms. The molecule has 0 aromatic heterocycles. The molecule has 3 heteroatoms. The number of ether oxygens (including phenoxy) is 1. The van der Waals surface area contributed by atoms with E-state index in [1.54, 1.807) is 6.08 Å². The molecule has 0 saturated heterocycles. The van der Waals surface area contributed by atoms with E-state index in [0.717, 1.165) is 38.5 Å². The van der Waals surface area contributed by atoms with Gasteiger partial charge in [-0.25, -0.2) is 0 Å². The third-order valence-electron chi connectivity index (χ3n) is 2.75. The zero-order valence-corrected chi connectivity index (χ0v) is 11.2. The molecule has 100 valence electrons. The van der Waals surface area contributed by atoms with Crippen molar-refractivity contribution in [3.63, 3.8) is 0 Å². The first kappa shape index (κ1) is 16.2. The van der Waals surface area contributed by atoms with Gasteiger partial charge in [0.1, 0.15) is 6.61 Å². The van der Waals surface area contributed by atoms with Crippen molar-refractivity contribution in [3.8, 4) is 0 Å². The van der Waals surface area contributed by atoms with Crippen molar-refractivity contribution < 1.29 is 14.6 Å². The average Bonchev–Trinajstić information content (AvgIpc) is 2.29. The Hall–Kier alpha value is -0.830. The minimum atomic E-state index is -0.192. The summed E-state index contributed by atoms with van der Waals surface area (Å²) < 4.78 is 4.97. The van der Waals surface area contributed by atoms with Crippen LogP contribution in [-0.2, 0) is 9.53 Å². The summed E-state index contributed by atoms with van der Waals surface area (Å²) in [4.78, 5) is 11.4. The number of aliphatic hydroxyl groups is 1. The Morgan fingerprint density at radius 2 is 1.82 bits per heavy atom. The number of carbonyl (C=O) groups is 1. The molecule has 17 heavy (non-hydrogen) atoms. The summed E-state index contributed by atoms with van der Waals surface area (Å²) >= 11 is 0. The Morgan fingerprint density at radius 1 is 1.24 bits per heavy atom. The van der Waals surface area contributed by atoms with Crippen LogP contribution >= 0.6 is 0 Å². The minimum Gasteiger partial charge on any atom is -0.461 e. The fourth-order valence-electron chi connectivity index (χ4n) is 1.64. The highest BCUT2D eigenvalue weighted by molar-refractivity contribution is 5.71. The molecule has 0 aromatic carbocycles. The lowest BCUT2D eigenvalue weighted by Crippen LogP contribution is -2.14. The zero-order chi connectivity index (χ0) is 13.1. The first-order chi connectivity index (χ1) is 8.07. The molecule has 0 saturated carbocycles. The molecule has 0 aromatic rings. The Kier molecular flexibility index (Phi) is 9.83. The van der Waals surface area contributed by atoms with Gasteiger partial charge in [-0.2, -0.15) is 0 Å². The summed E-state index contributed by atoms with van der Waals surface area (Å²) in [6, 6.07) is 0. The number of esters is 1. The molecule has 2 unspecified atom stereocenters. The van der Waals surface area contributed by atoms with E-state index in [9.17, 15) is 4.79 Å². The molecule has 0 aliphatic heterocycles. The van der Waals surface area contributed by atoms with E-state index < -0.39 is 0 Å². The van der Waals surface area contributed by atoms with Gasteiger partial charge < -0.3 is 9.84 Å². The number of hydrogen-bond acceptors (Lipinski definition) is 3. The van der Waals surface area contributed by atoms with Gasteiger partial charge in [0, 0.05) is 0 Å². The second-order valence-corrected chi connectivity index (χ2v) is 4.66. The van der Waals surface area contributed by atoms with Crippen LogP contribution in [0.15, 0.2) is 12.7 Å². The summed E-state index contributed by atoms with van der Waals surface area (Å²) in [6.07, 6.45) is 7.49. The van der Waals surface area contributed by atoms with Crippen molar-refractivity contribution in [2.24, 2.45) is 5.92 Å². The van der Waals surface area contributed by atoms with Gasteiger partial charge in [-0.05, 0) is 19.8 Å². The van der Waals surface area contributed by atoms with E-state index in [2.05, 4.69) is 6.58 Å². The van der Waals surface area contributed by atoms with Crippen LogP contribution in [0.1, 0.15) is 52.4 Å². The van der Waals surface area contributed by atoms with Crippen molar-refractivity contribution >= 4 is 5.97 Å². The SMILES string of the molecule is C=CCOC(=O)C(C)CCCCCCC(C)O. The van der Waals surface area contributed by atoms with E-state index in [1.807, 2.05) is 13.8 Å². The topological polar surface area (TPSA) is 46.5 Å². The van der Waals surface area contributed by atoms with Crippen LogP contribution < -0.4 is 0 Å². The summed E-state index contributed by atoms with van der Waals surface area (Å²) in [6.45, 7) is 7.53. The fourth-order valence-corrected chi connectivity index (χ4v) is 1.64. The standard InChI is InChI=1S/C14H26O3/c1-4-11-17-14(16)12(2)9-7-5-6-8-10-13(3)15/h4,12-13,15H,1,5-11H2,2-3H3. The Morgan fingerprint density at radius 3 is 2.35 bits per heavy atom. The number of carbonyl (C=O) groups excluding carboxylic acids is 1. The maximum atomic E-state index is 11.4. The molecule has 0 fully saturated rings. The Balaban J connectivity index is 3.41. The van der Waals surface area contributed by atoms with Gasteiger partial charge >= 0.3 is 5.97 Å². The smallest absolute Gasteiger partial charge is 0.308 e. The molecule has 0 heterocycles. The second-order valence-electron chi connectivity index (χ2n) is 4.66. The summed E-state index contributed by atoms with van der Waals surface area (Å²) in [7, 11) is 0. The average molecular weight is 242 g/mol. The quantitative estimate of drug-likeness (QED) is 0.364. The van der Waals surface area contributed by atoms with E-state index >= 15 is 0 Å². The summed E-state index contributed by atoms with van der Waals surface area (Å²) in [5, 5.41) is 9.08. The van der Waals surface area contributed by atoms with Crippen LogP contribution in [0.4, 0.5) is 0 Å². The van der Waals surface area contributed by atoms with Gasteiger partial charge in [0.2, 0.25) is 0 Å². The molecule has 0 amide bonds. The summed E-state index contributed by atoms with van der Waals surface area (Å²) in [5.41, 5.74) is 0.